The molecule has 0 aromatic heterocycles. The maximum Gasteiger partial charge on any atom is 0.139 e. The van der Waals surface area contributed by atoms with Crippen LogP contribution < -0.4 is 0 Å². The van der Waals surface area contributed by atoms with Gasteiger partial charge in [0.1, 0.15) is 5.78 Å². The fourth-order valence-electron chi connectivity index (χ4n) is 5.72. The molecule has 0 spiro atoms. The summed E-state index contributed by atoms with van der Waals surface area (Å²) in [5, 5.41) is 10.4. The fourth-order valence-corrected chi connectivity index (χ4v) is 5.72. The SMILES string of the molecule is [2H]C1([2H])C[C@@]2(C)C(=CC[C@@H]3[C@@H]2CC[C@]2(C)C(=O)CC[C@@H]32)C([2H])([2H])[C@@]1([2H])O. The Kier molecular flexibility index (Phi) is 2.01. The fraction of sp³-hybridized carbons (Fsp3) is 0.842. The van der Waals surface area contributed by atoms with Crippen LogP contribution in [0.5, 0.6) is 0 Å². The molecule has 0 saturated heterocycles. The zero-order valence-electron chi connectivity index (χ0n) is 17.9. The first-order chi connectivity index (χ1) is 11.8. The number of aliphatic hydroxyl groups is 1. The standard InChI is InChI=1S/C19H28O2/c1-18-9-7-13(20)11-12(18)3-4-14-15-5-6-17(21)19(15,2)10-8-16(14)18/h3,13-16,20H,4-11H2,1-2H3/t13-,14-,15-,16-,18-,19-/m0/s1/i7D2,11D2,13D. The van der Waals surface area contributed by atoms with Gasteiger partial charge in [-0.2, -0.15) is 0 Å². The van der Waals surface area contributed by atoms with E-state index in [4.69, 9.17) is 6.85 Å². The number of fused-ring (bicyclic) bond motifs is 5. The molecule has 2 heteroatoms. The number of ketones is 1. The lowest BCUT2D eigenvalue weighted by molar-refractivity contribution is -0.132. The number of rotatable bonds is 0. The van der Waals surface area contributed by atoms with E-state index >= 15 is 0 Å². The summed E-state index contributed by atoms with van der Waals surface area (Å²) in [5.41, 5.74) is -0.617. The summed E-state index contributed by atoms with van der Waals surface area (Å²) in [7, 11) is 0. The van der Waals surface area contributed by atoms with Crippen molar-refractivity contribution < 1.29 is 16.8 Å². The number of hydrogen-bond donors (Lipinski definition) is 1. The first-order valence-corrected chi connectivity index (χ1v) is 8.26. The van der Waals surface area contributed by atoms with Gasteiger partial charge in [0.25, 0.3) is 0 Å². The normalized spacial score (nSPS) is 64.5. The van der Waals surface area contributed by atoms with Gasteiger partial charge in [-0.3, -0.25) is 4.79 Å². The van der Waals surface area contributed by atoms with Crippen molar-refractivity contribution in [2.24, 2.45) is 28.6 Å². The lowest BCUT2D eigenvalue weighted by atomic mass is 9.48. The van der Waals surface area contributed by atoms with Gasteiger partial charge >= 0.3 is 0 Å². The maximum absolute atomic E-state index is 12.5. The largest absolute Gasteiger partial charge is 0.393 e. The summed E-state index contributed by atoms with van der Waals surface area (Å²) in [6.45, 7) is 3.99. The smallest absolute Gasteiger partial charge is 0.139 e. The molecule has 4 rings (SSSR count). The summed E-state index contributed by atoms with van der Waals surface area (Å²) in [6, 6.07) is 0. The summed E-state index contributed by atoms with van der Waals surface area (Å²) < 4.78 is 41.4. The number of carbonyl (C=O) groups is 1. The average Bonchev–Trinajstić information content (AvgIpc) is 2.81. The number of hydrogen-bond acceptors (Lipinski definition) is 2. The predicted molar refractivity (Wildman–Crippen MR) is 82.7 cm³/mol. The van der Waals surface area contributed by atoms with Crippen LogP contribution in [0.3, 0.4) is 0 Å². The van der Waals surface area contributed by atoms with Gasteiger partial charge in [-0.25, -0.2) is 0 Å². The molecule has 116 valence electrons. The zero-order valence-corrected chi connectivity index (χ0v) is 12.9. The summed E-state index contributed by atoms with van der Waals surface area (Å²) in [6.07, 6.45) is -2.10. The van der Waals surface area contributed by atoms with Crippen molar-refractivity contribution in [3.05, 3.63) is 11.6 Å². The highest BCUT2D eigenvalue weighted by molar-refractivity contribution is 5.87. The molecule has 0 heterocycles. The van der Waals surface area contributed by atoms with E-state index in [1.54, 1.807) is 0 Å². The molecule has 0 bridgehead atoms. The van der Waals surface area contributed by atoms with Gasteiger partial charge in [0.2, 0.25) is 0 Å². The molecular weight excluding hydrogens is 260 g/mol. The van der Waals surface area contributed by atoms with Crippen LogP contribution in [0.2, 0.25) is 0 Å². The molecule has 3 fully saturated rings. The third-order valence-corrected chi connectivity index (χ3v) is 7.05. The highest BCUT2D eigenvalue weighted by Gasteiger charge is 2.58. The Hall–Kier alpha value is -0.630. The topological polar surface area (TPSA) is 37.3 Å². The maximum atomic E-state index is 12.5. The molecule has 0 aromatic rings. The van der Waals surface area contributed by atoms with E-state index in [0.717, 1.165) is 19.3 Å². The molecule has 21 heavy (non-hydrogen) atoms. The van der Waals surface area contributed by atoms with Gasteiger partial charge in [-0.05, 0) is 68.0 Å². The molecule has 2 nitrogen and oxygen atoms in total. The van der Waals surface area contributed by atoms with E-state index in [0.29, 0.717) is 24.2 Å². The summed E-state index contributed by atoms with van der Waals surface area (Å²) in [4.78, 5) is 12.5. The third-order valence-electron chi connectivity index (χ3n) is 7.05. The second-order valence-electron chi connectivity index (χ2n) is 7.89. The van der Waals surface area contributed by atoms with Crippen molar-refractivity contribution in [1.82, 2.24) is 0 Å². The van der Waals surface area contributed by atoms with Crippen LogP contribution in [-0.4, -0.2) is 17.0 Å². The average molecular weight is 293 g/mol. The van der Waals surface area contributed by atoms with Gasteiger partial charge in [0.05, 0.1) is 7.45 Å². The monoisotopic (exact) mass is 293 g/mol. The van der Waals surface area contributed by atoms with E-state index in [-0.39, 0.29) is 29.6 Å². The lowest BCUT2D eigenvalue weighted by Crippen LogP contribution is -2.50. The Labute approximate surface area is 135 Å². The van der Waals surface area contributed by atoms with E-state index < -0.39 is 24.2 Å². The van der Waals surface area contributed by atoms with Crippen LogP contribution in [0.25, 0.3) is 0 Å². The highest BCUT2D eigenvalue weighted by Crippen LogP contribution is 2.63. The van der Waals surface area contributed by atoms with Crippen molar-refractivity contribution >= 4 is 5.78 Å². The first kappa shape index (κ1) is 9.50. The Morgan fingerprint density at radius 3 is 2.86 bits per heavy atom. The van der Waals surface area contributed by atoms with E-state index in [1.165, 1.54) is 0 Å². The van der Waals surface area contributed by atoms with Gasteiger partial charge in [-0.1, -0.05) is 25.5 Å². The Morgan fingerprint density at radius 1 is 1.29 bits per heavy atom. The van der Waals surface area contributed by atoms with Crippen molar-refractivity contribution in [3.63, 3.8) is 0 Å². The molecular formula is C19H28O2. The Morgan fingerprint density at radius 2 is 2.05 bits per heavy atom. The van der Waals surface area contributed by atoms with Gasteiger partial charge in [0.15, 0.2) is 0 Å². The number of carbonyl (C=O) groups excluding carboxylic acids is 1. The highest BCUT2D eigenvalue weighted by atomic mass is 16.3. The van der Waals surface area contributed by atoms with Crippen LogP contribution in [0.15, 0.2) is 11.6 Å². The summed E-state index contributed by atoms with van der Waals surface area (Å²) >= 11 is 0. The molecule has 0 aromatic carbocycles. The van der Waals surface area contributed by atoms with Crippen molar-refractivity contribution in [2.45, 2.75) is 71.2 Å². The molecule has 4 aliphatic rings. The van der Waals surface area contributed by atoms with Crippen LogP contribution in [-0.2, 0) is 4.79 Å². The zero-order chi connectivity index (χ0) is 19.3. The second-order valence-corrected chi connectivity index (χ2v) is 7.89. The van der Waals surface area contributed by atoms with E-state index in [1.807, 2.05) is 13.0 Å². The van der Waals surface area contributed by atoms with Crippen LogP contribution >= 0.6 is 0 Å². The summed E-state index contributed by atoms with van der Waals surface area (Å²) in [5.74, 6) is 0.956. The molecule has 0 radical (unpaired) electrons. The second kappa shape index (κ2) is 4.44. The number of Topliss-reactive ketones (excluding diaryl/α,β-unsaturated/α-hetero) is 1. The van der Waals surface area contributed by atoms with Crippen molar-refractivity contribution in [1.29, 1.82) is 0 Å². The Bertz CT molecular complexity index is 700. The molecule has 0 aliphatic heterocycles. The Balaban J connectivity index is 1.81. The van der Waals surface area contributed by atoms with E-state index in [2.05, 4.69) is 6.92 Å². The quantitative estimate of drug-likeness (QED) is 0.688. The lowest BCUT2D eigenvalue weighted by Gasteiger charge is -2.56. The van der Waals surface area contributed by atoms with Crippen molar-refractivity contribution in [3.8, 4) is 0 Å². The molecule has 0 amide bonds. The minimum atomic E-state index is -2.80. The molecule has 0 unspecified atom stereocenters. The molecule has 4 aliphatic carbocycles. The first-order valence-electron chi connectivity index (χ1n) is 10.8. The molecule has 6 atom stereocenters. The molecule has 1 N–H and O–H groups in total. The van der Waals surface area contributed by atoms with E-state index in [9.17, 15) is 9.90 Å². The third kappa shape index (κ3) is 1.78. The van der Waals surface area contributed by atoms with Crippen LogP contribution in [0.1, 0.15) is 72.0 Å². The minimum absolute atomic E-state index is 0.0517. The minimum Gasteiger partial charge on any atom is -0.393 e. The predicted octanol–water partition coefficient (Wildman–Crippen LogP) is 3.88. The van der Waals surface area contributed by atoms with Crippen LogP contribution in [0, 0.1) is 28.6 Å². The number of allylic oxidation sites excluding steroid dienone is 1. The van der Waals surface area contributed by atoms with Crippen molar-refractivity contribution in [2.75, 3.05) is 0 Å². The van der Waals surface area contributed by atoms with Gasteiger partial charge < -0.3 is 5.11 Å². The molecule has 3 saturated carbocycles. The van der Waals surface area contributed by atoms with Gasteiger partial charge in [0, 0.05) is 17.3 Å². The van der Waals surface area contributed by atoms with Crippen LogP contribution in [0.4, 0.5) is 0 Å². The van der Waals surface area contributed by atoms with Gasteiger partial charge in [-0.15, -0.1) is 0 Å².